The molecule has 3 nitrogen and oxygen atoms in total. The first kappa shape index (κ1) is 17.9. The lowest BCUT2D eigenvalue weighted by Crippen LogP contribution is -2.06. The highest BCUT2D eigenvalue weighted by Crippen LogP contribution is 2.41. The van der Waals surface area contributed by atoms with Crippen LogP contribution in [0.2, 0.25) is 0 Å². The van der Waals surface area contributed by atoms with Gasteiger partial charge in [0.15, 0.2) is 0 Å². The van der Waals surface area contributed by atoms with Gasteiger partial charge in [0, 0.05) is 44.8 Å². The summed E-state index contributed by atoms with van der Waals surface area (Å²) in [5.74, 6) is 1.27. The van der Waals surface area contributed by atoms with Crippen LogP contribution in [0.1, 0.15) is 87.4 Å². The molecule has 0 N–H and O–H groups in total. The molecule has 0 bridgehead atoms. The van der Waals surface area contributed by atoms with E-state index in [2.05, 4.69) is 47.1 Å². The Balaban J connectivity index is 1.45. The van der Waals surface area contributed by atoms with E-state index in [1.165, 1.54) is 114 Å². The molecule has 0 aliphatic heterocycles. The summed E-state index contributed by atoms with van der Waals surface area (Å²) in [6, 6.07) is 11.6. The van der Waals surface area contributed by atoms with Crippen LogP contribution in [0.15, 0.2) is 42.7 Å². The number of para-hydroxylation sites is 1. The first-order valence-electron chi connectivity index (χ1n) is 12.3. The van der Waals surface area contributed by atoms with Gasteiger partial charge in [0.05, 0.1) is 28.9 Å². The van der Waals surface area contributed by atoms with Crippen molar-refractivity contribution in [3.63, 3.8) is 0 Å². The lowest BCUT2D eigenvalue weighted by molar-refractivity contribution is 0.437. The largest absolute Gasteiger partial charge is 0.305 e. The average Bonchev–Trinajstić information content (AvgIpc) is 3.36. The number of rotatable bonds is 2. The molecule has 0 amide bonds. The van der Waals surface area contributed by atoms with Crippen LogP contribution in [0.25, 0.3) is 38.1 Å². The zero-order valence-corrected chi connectivity index (χ0v) is 18.1. The van der Waals surface area contributed by atoms with Crippen LogP contribution in [0.4, 0.5) is 0 Å². The van der Waals surface area contributed by atoms with Crippen molar-refractivity contribution >= 4 is 38.1 Å². The fraction of sp³-hybridized carbons (Fsp3) is 0.429. The quantitative estimate of drug-likeness (QED) is 0.300. The second-order valence-electron chi connectivity index (χ2n) is 9.96. The van der Waals surface area contributed by atoms with Crippen molar-refractivity contribution in [2.45, 2.75) is 76.0 Å². The molecule has 0 spiro atoms. The number of nitrogens with zero attached hydrogens (tertiary/aromatic N) is 3. The van der Waals surface area contributed by atoms with Gasteiger partial charge in [-0.05, 0) is 37.8 Å². The van der Waals surface area contributed by atoms with Crippen molar-refractivity contribution < 1.29 is 0 Å². The van der Waals surface area contributed by atoms with Crippen molar-refractivity contribution in [1.82, 2.24) is 14.4 Å². The topological polar surface area (TPSA) is 30.2 Å². The van der Waals surface area contributed by atoms with Crippen LogP contribution in [0.5, 0.6) is 0 Å². The Morgan fingerprint density at radius 3 is 1.58 bits per heavy atom. The van der Waals surface area contributed by atoms with Gasteiger partial charge in [0.1, 0.15) is 0 Å². The zero-order chi connectivity index (χ0) is 20.4. The van der Waals surface area contributed by atoms with Gasteiger partial charge in [0.25, 0.3) is 0 Å². The molecule has 2 aliphatic carbocycles. The third-order valence-corrected chi connectivity index (χ3v) is 8.18. The van der Waals surface area contributed by atoms with E-state index in [-0.39, 0.29) is 0 Å². The normalized spacial score (nSPS) is 19.4. The van der Waals surface area contributed by atoms with E-state index in [4.69, 9.17) is 9.97 Å². The van der Waals surface area contributed by atoms with Gasteiger partial charge in [-0.2, -0.15) is 0 Å². The number of benzene rings is 1. The summed E-state index contributed by atoms with van der Waals surface area (Å²) in [5, 5.41) is 5.44. The van der Waals surface area contributed by atoms with Gasteiger partial charge in [-0.15, -0.1) is 0 Å². The molecule has 4 heterocycles. The second-order valence-corrected chi connectivity index (χ2v) is 9.96. The molecule has 31 heavy (non-hydrogen) atoms. The average molecular weight is 408 g/mol. The molecule has 2 fully saturated rings. The molecule has 0 saturated heterocycles. The van der Waals surface area contributed by atoms with Gasteiger partial charge in [-0.3, -0.25) is 9.97 Å². The minimum Gasteiger partial charge on any atom is -0.305 e. The van der Waals surface area contributed by atoms with Crippen LogP contribution >= 0.6 is 0 Å². The van der Waals surface area contributed by atoms with E-state index in [1.54, 1.807) is 0 Å². The van der Waals surface area contributed by atoms with Gasteiger partial charge < -0.3 is 4.40 Å². The van der Waals surface area contributed by atoms with E-state index < -0.39 is 0 Å². The second kappa shape index (κ2) is 6.91. The fourth-order valence-corrected chi connectivity index (χ4v) is 6.55. The molecule has 2 saturated carbocycles. The molecule has 0 radical (unpaired) electrons. The first-order chi connectivity index (χ1) is 15.4. The maximum Gasteiger partial charge on any atom is 0.0725 e. The van der Waals surface area contributed by atoms with Crippen LogP contribution in [0.3, 0.4) is 0 Å². The summed E-state index contributed by atoms with van der Waals surface area (Å²) in [7, 11) is 0. The Labute approximate surface area is 182 Å². The fourth-order valence-electron chi connectivity index (χ4n) is 6.55. The Bertz CT molecular complexity index is 1300. The van der Waals surface area contributed by atoms with Crippen molar-refractivity contribution in [3.05, 3.63) is 54.1 Å². The SMILES string of the molecule is c1cc2c3cc(C4CCCCC4)ncc3n3c4cnc(C5CCCCC5)cc4c(c1)c23. The lowest BCUT2D eigenvalue weighted by atomic mass is 9.86. The smallest absolute Gasteiger partial charge is 0.0725 e. The van der Waals surface area contributed by atoms with Crippen molar-refractivity contribution in [3.8, 4) is 0 Å². The molecule has 0 unspecified atom stereocenters. The van der Waals surface area contributed by atoms with E-state index in [0.717, 1.165) is 0 Å². The van der Waals surface area contributed by atoms with Crippen LogP contribution in [-0.4, -0.2) is 14.4 Å². The Morgan fingerprint density at radius 1 is 0.613 bits per heavy atom. The summed E-state index contributed by atoms with van der Waals surface area (Å²) in [6.45, 7) is 0. The van der Waals surface area contributed by atoms with Gasteiger partial charge >= 0.3 is 0 Å². The standard InChI is InChI=1S/C28H29N3/c1-3-8-18(9-4-1)24-14-22-20-12-7-13-21-23-15-25(19-10-5-2-6-11-19)30-17-27(23)31(28(20)21)26(22)16-29-24/h7,12-19H,1-6,8-11H2. The maximum absolute atomic E-state index is 4.98. The lowest BCUT2D eigenvalue weighted by Gasteiger charge is -2.21. The molecule has 2 aliphatic rings. The number of hydrogen-bond donors (Lipinski definition) is 0. The molecule has 3 heteroatoms. The monoisotopic (exact) mass is 407 g/mol. The van der Waals surface area contributed by atoms with Crippen molar-refractivity contribution in [1.29, 1.82) is 0 Å². The summed E-state index contributed by atoms with van der Waals surface area (Å²) in [5.41, 5.74) is 6.39. The Morgan fingerprint density at radius 2 is 1.10 bits per heavy atom. The highest BCUT2D eigenvalue weighted by Gasteiger charge is 2.23. The van der Waals surface area contributed by atoms with Gasteiger partial charge in [0.2, 0.25) is 0 Å². The minimum atomic E-state index is 0.634. The summed E-state index contributed by atoms with van der Waals surface area (Å²) in [6.07, 6.45) is 17.6. The van der Waals surface area contributed by atoms with Crippen LogP contribution in [0, 0.1) is 0 Å². The molecule has 4 aromatic heterocycles. The highest BCUT2D eigenvalue weighted by molar-refractivity contribution is 6.23. The zero-order valence-electron chi connectivity index (χ0n) is 18.1. The molecule has 156 valence electrons. The van der Waals surface area contributed by atoms with E-state index in [9.17, 15) is 0 Å². The molecular formula is C28H29N3. The molecular weight excluding hydrogens is 378 g/mol. The van der Waals surface area contributed by atoms with Gasteiger partial charge in [-0.1, -0.05) is 56.7 Å². The first-order valence-corrected chi connectivity index (χ1v) is 12.3. The van der Waals surface area contributed by atoms with E-state index in [1.807, 2.05) is 0 Å². The highest BCUT2D eigenvalue weighted by atomic mass is 14.9. The predicted molar refractivity (Wildman–Crippen MR) is 128 cm³/mol. The molecule has 1 aromatic carbocycles. The number of aromatic nitrogens is 3. The third-order valence-electron chi connectivity index (χ3n) is 8.18. The summed E-state index contributed by atoms with van der Waals surface area (Å²) < 4.78 is 2.42. The maximum atomic E-state index is 4.98. The van der Waals surface area contributed by atoms with Crippen molar-refractivity contribution in [2.75, 3.05) is 0 Å². The van der Waals surface area contributed by atoms with Crippen molar-refractivity contribution in [2.24, 2.45) is 0 Å². The minimum absolute atomic E-state index is 0.634. The summed E-state index contributed by atoms with van der Waals surface area (Å²) >= 11 is 0. The van der Waals surface area contributed by atoms with E-state index >= 15 is 0 Å². The Hall–Kier alpha value is -2.68. The number of hydrogen-bond acceptors (Lipinski definition) is 2. The van der Waals surface area contributed by atoms with Crippen LogP contribution < -0.4 is 0 Å². The third kappa shape index (κ3) is 2.65. The Kier molecular flexibility index (Phi) is 4.00. The number of pyridine rings is 2. The number of fused-ring (bicyclic) bond motifs is 6. The molecule has 5 aromatic rings. The molecule has 7 rings (SSSR count). The van der Waals surface area contributed by atoms with E-state index in [0.29, 0.717) is 11.8 Å². The van der Waals surface area contributed by atoms with Crippen LogP contribution in [-0.2, 0) is 0 Å². The predicted octanol–water partition coefficient (Wildman–Crippen LogP) is 7.72. The summed E-state index contributed by atoms with van der Waals surface area (Å²) in [4.78, 5) is 9.96. The van der Waals surface area contributed by atoms with Gasteiger partial charge in [-0.25, -0.2) is 0 Å². The molecule has 0 atom stereocenters.